The quantitative estimate of drug-likeness (QED) is 0.892. The molecular formula is C16H22F3N3O2. The van der Waals surface area contributed by atoms with Gasteiger partial charge in [-0.1, -0.05) is 18.2 Å². The van der Waals surface area contributed by atoms with Gasteiger partial charge in [-0.3, -0.25) is 0 Å². The van der Waals surface area contributed by atoms with Gasteiger partial charge in [0, 0.05) is 31.9 Å². The van der Waals surface area contributed by atoms with Crippen LogP contribution in [0.3, 0.4) is 0 Å². The van der Waals surface area contributed by atoms with Gasteiger partial charge in [0.05, 0.1) is 12.6 Å². The number of nitrogens with one attached hydrogen (secondary N) is 1. The van der Waals surface area contributed by atoms with Gasteiger partial charge < -0.3 is 19.9 Å². The molecule has 0 radical (unpaired) electrons. The first kappa shape index (κ1) is 18.4. The van der Waals surface area contributed by atoms with Crippen molar-refractivity contribution in [3.05, 3.63) is 30.3 Å². The van der Waals surface area contributed by atoms with Gasteiger partial charge in [-0.2, -0.15) is 13.2 Å². The molecule has 24 heavy (non-hydrogen) atoms. The molecule has 1 aliphatic rings. The van der Waals surface area contributed by atoms with Crippen molar-refractivity contribution >= 4 is 11.7 Å². The summed E-state index contributed by atoms with van der Waals surface area (Å²) in [6.45, 7) is 2.72. The van der Waals surface area contributed by atoms with Gasteiger partial charge in [-0.05, 0) is 19.1 Å². The molecule has 5 nitrogen and oxygen atoms in total. The standard InChI is InChI=1S/C16H22F3N3O2/c1-13(11-24-12-16(17,18)19)20-15(23)22-9-7-21(8-10-22)14-5-3-2-4-6-14/h2-6,13H,7-12H2,1H3,(H,20,23)/t13-/m0/s1. The van der Waals surface area contributed by atoms with Crippen LogP contribution in [0.15, 0.2) is 30.3 Å². The van der Waals surface area contributed by atoms with E-state index >= 15 is 0 Å². The Morgan fingerprint density at radius 3 is 2.42 bits per heavy atom. The minimum atomic E-state index is -4.35. The number of carbonyl (C=O) groups is 1. The lowest BCUT2D eigenvalue weighted by atomic mass is 10.2. The van der Waals surface area contributed by atoms with E-state index in [0.717, 1.165) is 18.8 Å². The topological polar surface area (TPSA) is 44.8 Å². The van der Waals surface area contributed by atoms with Crippen molar-refractivity contribution in [1.29, 1.82) is 0 Å². The third-order valence-corrected chi connectivity index (χ3v) is 3.69. The molecule has 1 saturated heterocycles. The Hall–Kier alpha value is -1.96. The molecule has 1 aromatic rings. The molecule has 1 aromatic carbocycles. The van der Waals surface area contributed by atoms with Gasteiger partial charge in [-0.25, -0.2) is 4.79 Å². The predicted molar refractivity (Wildman–Crippen MR) is 85.1 cm³/mol. The van der Waals surface area contributed by atoms with E-state index in [0.29, 0.717) is 13.1 Å². The van der Waals surface area contributed by atoms with E-state index in [1.165, 1.54) is 0 Å². The first-order valence-electron chi connectivity index (χ1n) is 7.85. The fourth-order valence-corrected chi connectivity index (χ4v) is 2.50. The summed E-state index contributed by atoms with van der Waals surface area (Å²) in [5, 5.41) is 2.67. The molecule has 0 saturated carbocycles. The van der Waals surface area contributed by atoms with Crippen molar-refractivity contribution in [3.63, 3.8) is 0 Å². The van der Waals surface area contributed by atoms with Crippen LogP contribution in [0.25, 0.3) is 0 Å². The van der Waals surface area contributed by atoms with Crippen molar-refractivity contribution in [1.82, 2.24) is 10.2 Å². The van der Waals surface area contributed by atoms with E-state index in [2.05, 4.69) is 15.0 Å². The highest BCUT2D eigenvalue weighted by Crippen LogP contribution is 2.16. The maximum Gasteiger partial charge on any atom is 0.411 e. The summed E-state index contributed by atoms with van der Waals surface area (Å²) in [5.74, 6) is 0. The Kier molecular flexibility index (Phi) is 6.30. The first-order valence-corrected chi connectivity index (χ1v) is 7.85. The van der Waals surface area contributed by atoms with Crippen molar-refractivity contribution in [2.75, 3.05) is 44.3 Å². The molecule has 0 aliphatic carbocycles. The van der Waals surface area contributed by atoms with Gasteiger partial charge in [0.2, 0.25) is 0 Å². The van der Waals surface area contributed by atoms with Crippen molar-refractivity contribution in [2.24, 2.45) is 0 Å². The summed E-state index contributed by atoms with van der Waals surface area (Å²) in [6, 6.07) is 9.19. The van der Waals surface area contributed by atoms with Crippen LogP contribution in [0.5, 0.6) is 0 Å². The lowest BCUT2D eigenvalue weighted by Gasteiger charge is -2.36. The van der Waals surface area contributed by atoms with Crippen molar-refractivity contribution < 1.29 is 22.7 Å². The van der Waals surface area contributed by atoms with E-state index < -0.39 is 18.8 Å². The number of alkyl halides is 3. The Bertz CT molecular complexity index is 517. The van der Waals surface area contributed by atoms with Crippen LogP contribution in [-0.4, -0.2) is 62.5 Å². The predicted octanol–water partition coefficient (Wildman–Crippen LogP) is 2.49. The minimum Gasteiger partial charge on any atom is -0.370 e. The molecule has 1 atom stereocenters. The van der Waals surface area contributed by atoms with Crippen LogP contribution in [0.1, 0.15) is 6.92 Å². The number of halogens is 3. The van der Waals surface area contributed by atoms with Crippen LogP contribution >= 0.6 is 0 Å². The minimum absolute atomic E-state index is 0.171. The number of carbonyl (C=O) groups excluding carboxylic acids is 1. The van der Waals surface area contributed by atoms with E-state index in [1.807, 2.05) is 30.3 Å². The third kappa shape index (κ3) is 5.92. The highest BCUT2D eigenvalue weighted by molar-refractivity contribution is 5.74. The number of ether oxygens (including phenoxy) is 1. The number of anilines is 1. The van der Waals surface area contributed by atoms with Gasteiger partial charge in [0.15, 0.2) is 0 Å². The second-order valence-corrected chi connectivity index (χ2v) is 5.79. The molecule has 0 spiro atoms. The van der Waals surface area contributed by atoms with E-state index in [9.17, 15) is 18.0 Å². The Morgan fingerprint density at radius 1 is 1.21 bits per heavy atom. The number of nitrogens with zero attached hydrogens (tertiary/aromatic N) is 2. The fraction of sp³-hybridized carbons (Fsp3) is 0.562. The van der Waals surface area contributed by atoms with E-state index in [1.54, 1.807) is 11.8 Å². The molecule has 1 heterocycles. The monoisotopic (exact) mass is 345 g/mol. The maximum atomic E-state index is 12.1. The van der Waals surface area contributed by atoms with E-state index in [4.69, 9.17) is 0 Å². The van der Waals surface area contributed by atoms with Gasteiger partial charge in [-0.15, -0.1) is 0 Å². The Labute approximate surface area is 139 Å². The Morgan fingerprint density at radius 2 is 1.83 bits per heavy atom. The smallest absolute Gasteiger partial charge is 0.370 e. The molecule has 1 aliphatic heterocycles. The molecule has 134 valence electrons. The highest BCUT2D eigenvalue weighted by atomic mass is 19.4. The summed E-state index contributed by atoms with van der Waals surface area (Å²) < 4.78 is 40.6. The zero-order chi connectivity index (χ0) is 17.6. The number of hydrogen-bond acceptors (Lipinski definition) is 3. The average Bonchev–Trinajstić information content (AvgIpc) is 2.54. The second kappa shape index (κ2) is 8.23. The molecule has 0 bridgehead atoms. The van der Waals surface area contributed by atoms with Gasteiger partial charge >= 0.3 is 12.2 Å². The van der Waals surface area contributed by atoms with Crippen LogP contribution in [-0.2, 0) is 4.74 Å². The molecule has 0 unspecified atom stereocenters. The number of rotatable bonds is 5. The molecule has 2 rings (SSSR count). The zero-order valence-corrected chi connectivity index (χ0v) is 13.6. The third-order valence-electron chi connectivity index (χ3n) is 3.69. The van der Waals surface area contributed by atoms with Crippen molar-refractivity contribution in [2.45, 2.75) is 19.1 Å². The second-order valence-electron chi connectivity index (χ2n) is 5.79. The molecule has 1 fully saturated rings. The summed E-state index contributed by atoms with van der Waals surface area (Å²) in [6.07, 6.45) is -4.35. The lowest BCUT2D eigenvalue weighted by molar-refractivity contribution is -0.174. The molecule has 8 heteroatoms. The zero-order valence-electron chi connectivity index (χ0n) is 13.6. The van der Waals surface area contributed by atoms with Crippen LogP contribution in [0, 0.1) is 0 Å². The molecule has 1 N–H and O–H groups in total. The first-order chi connectivity index (χ1) is 11.3. The lowest BCUT2D eigenvalue weighted by Crippen LogP contribution is -2.53. The van der Waals surface area contributed by atoms with Crippen molar-refractivity contribution in [3.8, 4) is 0 Å². The molecule has 2 amide bonds. The Balaban J connectivity index is 1.70. The summed E-state index contributed by atoms with van der Waals surface area (Å²) in [5.41, 5.74) is 1.12. The van der Waals surface area contributed by atoms with Gasteiger partial charge in [0.25, 0.3) is 0 Å². The summed E-state index contributed by atoms with van der Waals surface area (Å²) in [4.78, 5) is 16.0. The number of para-hydroxylation sites is 1. The number of benzene rings is 1. The SMILES string of the molecule is C[C@@H](COCC(F)(F)F)NC(=O)N1CCN(c2ccccc2)CC1. The van der Waals surface area contributed by atoms with Crippen LogP contribution < -0.4 is 10.2 Å². The highest BCUT2D eigenvalue weighted by Gasteiger charge is 2.28. The van der Waals surface area contributed by atoms with Crippen LogP contribution in [0.2, 0.25) is 0 Å². The van der Waals surface area contributed by atoms with Gasteiger partial charge in [0.1, 0.15) is 6.61 Å². The largest absolute Gasteiger partial charge is 0.411 e. The number of urea groups is 1. The van der Waals surface area contributed by atoms with E-state index in [-0.39, 0.29) is 12.6 Å². The maximum absolute atomic E-state index is 12.1. The number of amides is 2. The fourth-order valence-electron chi connectivity index (χ4n) is 2.50. The number of piperazine rings is 1. The average molecular weight is 345 g/mol. The molecule has 0 aromatic heterocycles. The normalized spacial score (nSPS) is 16.8. The molecular weight excluding hydrogens is 323 g/mol. The number of hydrogen-bond donors (Lipinski definition) is 1. The summed E-state index contributed by atoms with van der Waals surface area (Å²) >= 11 is 0. The summed E-state index contributed by atoms with van der Waals surface area (Å²) in [7, 11) is 0. The van der Waals surface area contributed by atoms with Crippen LogP contribution in [0.4, 0.5) is 23.7 Å².